The number of nitrogens with one attached hydrogen (secondary N) is 1. The SMILES string of the molecule is COc1ccc(CC(=O)NCCCO[C@@H](C)c2ccccc2)c(OC)c1OC. The molecule has 6 heteroatoms. The van der Waals surface area contributed by atoms with Crippen LogP contribution < -0.4 is 19.5 Å². The number of amides is 1. The van der Waals surface area contributed by atoms with E-state index in [-0.39, 0.29) is 18.4 Å². The molecule has 0 aliphatic heterocycles. The van der Waals surface area contributed by atoms with Crippen molar-refractivity contribution in [2.45, 2.75) is 25.9 Å². The number of carbonyl (C=O) groups is 1. The summed E-state index contributed by atoms with van der Waals surface area (Å²) in [6.45, 7) is 3.16. The highest BCUT2D eigenvalue weighted by molar-refractivity contribution is 5.80. The van der Waals surface area contributed by atoms with E-state index >= 15 is 0 Å². The molecule has 2 aromatic carbocycles. The Labute approximate surface area is 166 Å². The molecule has 0 saturated carbocycles. The fourth-order valence-electron chi connectivity index (χ4n) is 2.92. The quantitative estimate of drug-likeness (QED) is 0.598. The Morgan fingerprint density at radius 1 is 0.964 bits per heavy atom. The van der Waals surface area contributed by atoms with Crippen LogP contribution in [-0.4, -0.2) is 40.4 Å². The lowest BCUT2D eigenvalue weighted by Crippen LogP contribution is -2.27. The van der Waals surface area contributed by atoms with Crippen molar-refractivity contribution in [3.05, 3.63) is 53.6 Å². The summed E-state index contributed by atoms with van der Waals surface area (Å²) in [6, 6.07) is 13.6. The Morgan fingerprint density at radius 3 is 2.32 bits per heavy atom. The second kappa shape index (κ2) is 11.2. The van der Waals surface area contributed by atoms with Gasteiger partial charge in [-0.2, -0.15) is 0 Å². The number of hydrogen-bond donors (Lipinski definition) is 1. The number of hydrogen-bond acceptors (Lipinski definition) is 5. The van der Waals surface area contributed by atoms with Crippen LogP contribution in [0.4, 0.5) is 0 Å². The minimum atomic E-state index is -0.0818. The molecule has 28 heavy (non-hydrogen) atoms. The Bertz CT molecular complexity index is 748. The molecule has 6 nitrogen and oxygen atoms in total. The summed E-state index contributed by atoms with van der Waals surface area (Å²) in [4.78, 5) is 12.3. The summed E-state index contributed by atoms with van der Waals surface area (Å²) >= 11 is 0. The van der Waals surface area contributed by atoms with Crippen LogP contribution in [0.5, 0.6) is 17.2 Å². The zero-order chi connectivity index (χ0) is 20.4. The van der Waals surface area contributed by atoms with E-state index in [9.17, 15) is 4.79 Å². The van der Waals surface area contributed by atoms with Crippen LogP contribution in [-0.2, 0) is 16.0 Å². The van der Waals surface area contributed by atoms with Crippen molar-refractivity contribution in [3.8, 4) is 17.2 Å². The first-order valence-corrected chi connectivity index (χ1v) is 9.31. The van der Waals surface area contributed by atoms with Gasteiger partial charge < -0.3 is 24.3 Å². The highest BCUT2D eigenvalue weighted by atomic mass is 16.5. The normalized spacial score (nSPS) is 11.6. The van der Waals surface area contributed by atoms with Gasteiger partial charge in [-0.25, -0.2) is 0 Å². The molecule has 0 radical (unpaired) electrons. The van der Waals surface area contributed by atoms with Crippen LogP contribution in [0, 0.1) is 0 Å². The summed E-state index contributed by atoms with van der Waals surface area (Å²) in [5, 5.41) is 2.92. The summed E-state index contributed by atoms with van der Waals surface area (Å²) in [6.07, 6.45) is 0.976. The first kappa shape index (κ1) is 21.6. The van der Waals surface area contributed by atoms with Gasteiger partial charge >= 0.3 is 0 Å². The topological polar surface area (TPSA) is 66.0 Å². The van der Waals surface area contributed by atoms with Crippen LogP contribution in [0.2, 0.25) is 0 Å². The lowest BCUT2D eigenvalue weighted by molar-refractivity contribution is -0.120. The maximum Gasteiger partial charge on any atom is 0.224 e. The molecule has 1 amide bonds. The third-order valence-electron chi connectivity index (χ3n) is 4.42. The molecule has 0 spiro atoms. The molecule has 2 aromatic rings. The Balaban J connectivity index is 1.78. The van der Waals surface area contributed by atoms with E-state index in [1.54, 1.807) is 27.4 Å². The van der Waals surface area contributed by atoms with E-state index in [0.717, 1.165) is 17.5 Å². The molecule has 0 bridgehead atoms. The number of rotatable bonds is 11. The van der Waals surface area contributed by atoms with Gasteiger partial charge in [0.15, 0.2) is 11.5 Å². The van der Waals surface area contributed by atoms with Gasteiger partial charge in [-0.1, -0.05) is 36.4 Å². The molecule has 1 atom stereocenters. The fraction of sp³-hybridized carbons (Fsp3) is 0.409. The molecule has 2 rings (SSSR count). The molecule has 0 aliphatic rings. The van der Waals surface area contributed by atoms with Gasteiger partial charge in [-0.05, 0) is 25.0 Å². The van der Waals surface area contributed by atoms with Crippen molar-refractivity contribution in [2.75, 3.05) is 34.5 Å². The van der Waals surface area contributed by atoms with Crippen molar-refractivity contribution in [3.63, 3.8) is 0 Å². The van der Waals surface area contributed by atoms with Gasteiger partial charge in [0.2, 0.25) is 11.7 Å². The molecule has 0 aromatic heterocycles. The maximum absolute atomic E-state index is 12.3. The maximum atomic E-state index is 12.3. The highest BCUT2D eigenvalue weighted by Crippen LogP contribution is 2.39. The summed E-state index contributed by atoms with van der Waals surface area (Å²) in [7, 11) is 4.65. The average Bonchev–Trinajstić information content (AvgIpc) is 2.73. The first-order chi connectivity index (χ1) is 13.6. The highest BCUT2D eigenvalue weighted by Gasteiger charge is 2.17. The molecule has 0 saturated heterocycles. The first-order valence-electron chi connectivity index (χ1n) is 9.31. The second-order valence-corrected chi connectivity index (χ2v) is 6.30. The molecular formula is C22H29NO5. The zero-order valence-electron chi connectivity index (χ0n) is 17.0. The largest absolute Gasteiger partial charge is 0.493 e. The fourth-order valence-corrected chi connectivity index (χ4v) is 2.92. The number of carbonyl (C=O) groups excluding carboxylic acids is 1. The molecule has 0 heterocycles. The molecule has 0 unspecified atom stereocenters. The van der Waals surface area contributed by atoms with Crippen LogP contribution >= 0.6 is 0 Å². The second-order valence-electron chi connectivity index (χ2n) is 6.30. The lowest BCUT2D eigenvalue weighted by atomic mass is 10.1. The van der Waals surface area contributed by atoms with E-state index in [1.807, 2.05) is 43.3 Å². The number of benzene rings is 2. The molecule has 1 N–H and O–H groups in total. The van der Waals surface area contributed by atoms with Crippen molar-refractivity contribution >= 4 is 5.91 Å². The van der Waals surface area contributed by atoms with E-state index < -0.39 is 0 Å². The number of ether oxygens (including phenoxy) is 4. The summed E-state index contributed by atoms with van der Waals surface area (Å²) in [5.74, 6) is 1.48. The van der Waals surface area contributed by atoms with Crippen LogP contribution in [0.25, 0.3) is 0 Å². The minimum absolute atomic E-state index is 0.0351. The van der Waals surface area contributed by atoms with Crippen LogP contribution in [0.1, 0.15) is 30.6 Å². The third kappa shape index (κ3) is 5.89. The molecular weight excluding hydrogens is 358 g/mol. The predicted octanol–water partition coefficient (Wildman–Crippen LogP) is 3.54. The zero-order valence-corrected chi connectivity index (χ0v) is 17.0. The van der Waals surface area contributed by atoms with Gasteiger partial charge in [0.1, 0.15) is 0 Å². The summed E-state index contributed by atoms with van der Waals surface area (Å²) < 4.78 is 21.9. The van der Waals surface area contributed by atoms with Crippen molar-refractivity contribution in [2.24, 2.45) is 0 Å². The molecule has 152 valence electrons. The van der Waals surface area contributed by atoms with Crippen molar-refractivity contribution in [1.29, 1.82) is 0 Å². The van der Waals surface area contributed by atoms with Gasteiger partial charge in [0.25, 0.3) is 0 Å². The van der Waals surface area contributed by atoms with Gasteiger partial charge in [-0.15, -0.1) is 0 Å². The van der Waals surface area contributed by atoms with E-state index in [0.29, 0.717) is 30.4 Å². The third-order valence-corrected chi connectivity index (χ3v) is 4.42. The standard InChI is InChI=1S/C22H29NO5/c1-16(17-9-6-5-7-10-17)28-14-8-13-23-20(24)15-18-11-12-19(25-2)22(27-4)21(18)26-3/h5-7,9-12,16H,8,13-15H2,1-4H3,(H,23,24)/t16-/m0/s1. The lowest BCUT2D eigenvalue weighted by Gasteiger charge is -2.16. The van der Waals surface area contributed by atoms with Gasteiger partial charge in [-0.3, -0.25) is 4.79 Å². The molecule has 0 fully saturated rings. The van der Waals surface area contributed by atoms with E-state index in [1.165, 1.54) is 0 Å². The molecule has 0 aliphatic carbocycles. The average molecular weight is 387 g/mol. The van der Waals surface area contributed by atoms with E-state index in [2.05, 4.69) is 5.32 Å². The summed E-state index contributed by atoms with van der Waals surface area (Å²) in [5.41, 5.74) is 1.89. The minimum Gasteiger partial charge on any atom is -0.493 e. The Hall–Kier alpha value is -2.73. The Morgan fingerprint density at radius 2 is 1.68 bits per heavy atom. The number of methoxy groups -OCH3 is 3. The van der Waals surface area contributed by atoms with Gasteiger partial charge in [0, 0.05) is 18.7 Å². The van der Waals surface area contributed by atoms with E-state index in [4.69, 9.17) is 18.9 Å². The monoisotopic (exact) mass is 387 g/mol. The van der Waals surface area contributed by atoms with Crippen LogP contribution in [0.15, 0.2) is 42.5 Å². The smallest absolute Gasteiger partial charge is 0.224 e. The van der Waals surface area contributed by atoms with Crippen molar-refractivity contribution < 1.29 is 23.7 Å². The van der Waals surface area contributed by atoms with Gasteiger partial charge in [0.05, 0.1) is 33.9 Å². The van der Waals surface area contributed by atoms with Crippen LogP contribution in [0.3, 0.4) is 0 Å². The predicted molar refractivity (Wildman–Crippen MR) is 108 cm³/mol. The van der Waals surface area contributed by atoms with Crippen molar-refractivity contribution in [1.82, 2.24) is 5.32 Å². The Kier molecular flexibility index (Phi) is 8.62.